The molecule has 0 aliphatic rings. The minimum absolute atomic E-state index is 0.152. The molecule has 0 fully saturated rings. The molecule has 0 heterocycles. The van der Waals surface area contributed by atoms with Crippen LogP contribution in [0.2, 0.25) is 0 Å². The van der Waals surface area contributed by atoms with Crippen LogP contribution < -0.4 is 5.32 Å². The zero-order valence-corrected chi connectivity index (χ0v) is 13.7. The van der Waals surface area contributed by atoms with E-state index < -0.39 is 5.97 Å². The summed E-state index contributed by atoms with van der Waals surface area (Å²) < 4.78 is 6.00. The van der Waals surface area contributed by atoms with E-state index in [0.29, 0.717) is 5.56 Å². The summed E-state index contributed by atoms with van der Waals surface area (Å²) in [5.41, 5.74) is 2.56. The highest BCUT2D eigenvalue weighted by molar-refractivity contribution is 9.10. The molecule has 5 heteroatoms. The number of ether oxygens (including phenoxy) is 1. The molecule has 0 radical (unpaired) electrons. The van der Waals surface area contributed by atoms with Crippen LogP contribution in [-0.2, 0) is 16.1 Å². The third kappa shape index (κ3) is 5.00. The summed E-state index contributed by atoms with van der Waals surface area (Å²) >= 11 is 3.30. The number of carbonyl (C=O) groups excluding carboxylic acids is 2. The lowest BCUT2D eigenvalue weighted by molar-refractivity contribution is -0.143. The zero-order chi connectivity index (χ0) is 15.9. The van der Waals surface area contributed by atoms with Crippen LogP contribution in [-0.4, -0.2) is 18.4 Å². The Morgan fingerprint density at radius 1 is 1.05 bits per heavy atom. The lowest BCUT2D eigenvalue weighted by Crippen LogP contribution is -2.30. The molecular formula is C17H16BrNO3. The summed E-state index contributed by atoms with van der Waals surface area (Å²) in [5, 5.41) is 2.53. The van der Waals surface area contributed by atoms with E-state index in [-0.39, 0.29) is 19.1 Å². The van der Waals surface area contributed by atoms with Gasteiger partial charge < -0.3 is 10.1 Å². The highest BCUT2D eigenvalue weighted by Crippen LogP contribution is 2.10. The van der Waals surface area contributed by atoms with Crippen LogP contribution in [0.15, 0.2) is 53.0 Å². The Morgan fingerprint density at radius 2 is 1.68 bits per heavy atom. The molecule has 4 nitrogen and oxygen atoms in total. The van der Waals surface area contributed by atoms with Crippen molar-refractivity contribution < 1.29 is 14.3 Å². The summed E-state index contributed by atoms with van der Waals surface area (Å²) in [5.74, 6) is -0.772. The fourth-order valence-electron chi connectivity index (χ4n) is 1.75. The van der Waals surface area contributed by atoms with E-state index in [1.165, 1.54) is 0 Å². The maximum atomic E-state index is 11.8. The van der Waals surface area contributed by atoms with E-state index in [1.807, 2.05) is 31.2 Å². The highest BCUT2D eigenvalue weighted by Gasteiger charge is 2.09. The van der Waals surface area contributed by atoms with Crippen molar-refractivity contribution in [3.8, 4) is 0 Å². The van der Waals surface area contributed by atoms with E-state index in [1.54, 1.807) is 24.3 Å². The maximum Gasteiger partial charge on any atom is 0.325 e. The number of nitrogens with one attached hydrogen (secondary N) is 1. The zero-order valence-electron chi connectivity index (χ0n) is 12.1. The van der Waals surface area contributed by atoms with Crippen LogP contribution >= 0.6 is 15.9 Å². The molecule has 0 aliphatic heterocycles. The number of hydrogen-bond acceptors (Lipinski definition) is 3. The van der Waals surface area contributed by atoms with E-state index in [2.05, 4.69) is 21.2 Å². The third-order valence-corrected chi connectivity index (χ3v) is 3.55. The molecule has 0 unspecified atom stereocenters. The van der Waals surface area contributed by atoms with Gasteiger partial charge >= 0.3 is 5.97 Å². The average Bonchev–Trinajstić information content (AvgIpc) is 2.52. The lowest BCUT2D eigenvalue weighted by Gasteiger charge is -2.07. The van der Waals surface area contributed by atoms with Gasteiger partial charge in [-0.05, 0) is 36.8 Å². The molecule has 1 N–H and O–H groups in total. The van der Waals surface area contributed by atoms with Gasteiger partial charge in [-0.25, -0.2) is 0 Å². The first kappa shape index (κ1) is 16.2. The van der Waals surface area contributed by atoms with Crippen LogP contribution in [0, 0.1) is 6.92 Å². The summed E-state index contributed by atoms with van der Waals surface area (Å²) in [7, 11) is 0. The van der Waals surface area contributed by atoms with Crippen molar-refractivity contribution >= 4 is 27.8 Å². The molecule has 1 amide bonds. The van der Waals surface area contributed by atoms with Gasteiger partial charge in [0.1, 0.15) is 13.2 Å². The number of halogens is 1. The fraction of sp³-hybridized carbons (Fsp3) is 0.176. The predicted molar refractivity (Wildman–Crippen MR) is 87.5 cm³/mol. The van der Waals surface area contributed by atoms with Crippen molar-refractivity contribution in [3.63, 3.8) is 0 Å². The molecule has 0 atom stereocenters. The van der Waals surface area contributed by atoms with Gasteiger partial charge in [-0.3, -0.25) is 9.59 Å². The second-order valence-electron chi connectivity index (χ2n) is 4.84. The van der Waals surface area contributed by atoms with Crippen LogP contribution in [0.25, 0.3) is 0 Å². The van der Waals surface area contributed by atoms with E-state index in [0.717, 1.165) is 15.6 Å². The van der Waals surface area contributed by atoms with Gasteiger partial charge in [0.2, 0.25) is 0 Å². The van der Waals surface area contributed by atoms with E-state index in [9.17, 15) is 9.59 Å². The molecule has 114 valence electrons. The van der Waals surface area contributed by atoms with E-state index >= 15 is 0 Å². The first-order chi connectivity index (χ1) is 10.5. The van der Waals surface area contributed by atoms with Crippen LogP contribution in [0.4, 0.5) is 0 Å². The summed E-state index contributed by atoms with van der Waals surface area (Å²) in [6.07, 6.45) is 0. The Kier molecular flexibility index (Phi) is 5.72. The van der Waals surface area contributed by atoms with Gasteiger partial charge in [-0.2, -0.15) is 0 Å². The minimum atomic E-state index is -0.467. The molecule has 0 aromatic heterocycles. The van der Waals surface area contributed by atoms with Gasteiger partial charge in [0.15, 0.2) is 0 Å². The average molecular weight is 362 g/mol. The molecule has 0 saturated heterocycles. The summed E-state index contributed by atoms with van der Waals surface area (Å²) in [6, 6.07) is 14.6. The van der Waals surface area contributed by atoms with Gasteiger partial charge in [0.05, 0.1) is 0 Å². The van der Waals surface area contributed by atoms with Gasteiger partial charge in [-0.1, -0.05) is 45.8 Å². The number of esters is 1. The van der Waals surface area contributed by atoms with Crippen LogP contribution in [0.5, 0.6) is 0 Å². The Hall–Kier alpha value is -2.14. The molecule has 0 bridgehead atoms. The number of benzene rings is 2. The molecule has 0 spiro atoms. The molecule has 0 saturated carbocycles. The van der Waals surface area contributed by atoms with Crippen molar-refractivity contribution in [2.75, 3.05) is 6.54 Å². The Balaban J connectivity index is 1.76. The number of amides is 1. The quantitative estimate of drug-likeness (QED) is 0.831. The second kappa shape index (κ2) is 7.75. The molecule has 2 aromatic carbocycles. The number of hydrogen-bond donors (Lipinski definition) is 1. The first-order valence-corrected chi connectivity index (χ1v) is 7.59. The number of aryl methyl sites for hydroxylation is 1. The normalized spacial score (nSPS) is 10.1. The standard InChI is InChI=1S/C17H16BrNO3/c1-12-2-4-13(5-3-12)11-22-16(20)10-19-17(21)14-6-8-15(18)9-7-14/h2-9H,10-11H2,1H3,(H,19,21). The van der Waals surface area contributed by atoms with Crippen molar-refractivity contribution in [2.45, 2.75) is 13.5 Å². The van der Waals surface area contributed by atoms with E-state index in [4.69, 9.17) is 4.74 Å². The van der Waals surface area contributed by atoms with Gasteiger partial charge in [-0.15, -0.1) is 0 Å². The SMILES string of the molecule is Cc1ccc(COC(=O)CNC(=O)c2ccc(Br)cc2)cc1. The number of rotatable bonds is 5. The molecule has 2 aromatic rings. The van der Waals surface area contributed by atoms with Crippen molar-refractivity contribution in [1.29, 1.82) is 0 Å². The predicted octanol–water partition coefficient (Wildman–Crippen LogP) is 3.23. The summed E-state index contributed by atoms with van der Waals surface area (Å²) in [6.45, 7) is 2.04. The van der Waals surface area contributed by atoms with Crippen LogP contribution in [0.3, 0.4) is 0 Å². The van der Waals surface area contributed by atoms with Crippen LogP contribution in [0.1, 0.15) is 21.5 Å². The summed E-state index contributed by atoms with van der Waals surface area (Å²) in [4.78, 5) is 23.5. The minimum Gasteiger partial charge on any atom is -0.460 e. The Labute approximate surface area is 137 Å². The molecule has 22 heavy (non-hydrogen) atoms. The Bertz CT molecular complexity index is 651. The van der Waals surface area contributed by atoms with Crippen molar-refractivity contribution in [2.24, 2.45) is 0 Å². The molecule has 2 rings (SSSR count). The second-order valence-corrected chi connectivity index (χ2v) is 5.75. The molecule has 0 aliphatic carbocycles. The van der Waals surface area contributed by atoms with Crippen molar-refractivity contribution in [3.05, 3.63) is 69.7 Å². The fourth-order valence-corrected chi connectivity index (χ4v) is 2.02. The monoisotopic (exact) mass is 361 g/mol. The third-order valence-electron chi connectivity index (χ3n) is 3.02. The Morgan fingerprint density at radius 3 is 2.32 bits per heavy atom. The first-order valence-electron chi connectivity index (χ1n) is 6.79. The largest absolute Gasteiger partial charge is 0.460 e. The van der Waals surface area contributed by atoms with Gasteiger partial charge in [0.25, 0.3) is 5.91 Å². The maximum absolute atomic E-state index is 11.8. The smallest absolute Gasteiger partial charge is 0.325 e. The topological polar surface area (TPSA) is 55.4 Å². The number of carbonyl (C=O) groups is 2. The lowest BCUT2D eigenvalue weighted by atomic mass is 10.2. The molecular weight excluding hydrogens is 346 g/mol. The van der Waals surface area contributed by atoms with Gasteiger partial charge in [0, 0.05) is 10.0 Å². The van der Waals surface area contributed by atoms with Crippen molar-refractivity contribution in [1.82, 2.24) is 5.32 Å². The highest BCUT2D eigenvalue weighted by atomic mass is 79.9.